The van der Waals surface area contributed by atoms with Crippen LogP contribution in [0.5, 0.6) is 5.75 Å². The number of aromatic hydroxyl groups is 1. The minimum absolute atomic E-state index is 0.0777. The van der Waals surface area contributed by atoms with Crippen LogP contribution in [0.3, 0.4) is 0 Å². The van der Waals surface area contributed by atoms with Gasteiger partial charge in [-0.1, -0.05) is 12.1 Å². The molecule has 0 radical (unpaired) electrons. The highest BCUT2D eigenvalue weighted by atomic mass is 16.3. The number of hydrogen-bond acceptors (Lipinski definition) is 3. The molecular formula is C11H13NO3. The van der Waals surface area contributed by atoms with Crippen LogP contribution >= 0.6 is 0 Å². The van der Waals surface area contributed by atoms with Crippen molar-refractivity contribution in [2.45, 2.75) is 0 Å². The minimum atomic E-state index is -0.271. The number of carbonyl (C=O) groups excluding carboxylic acids is 1. The second-order valence-electron chi connectivity index (χ2n) is 2.94. The van der Waals surface area contributed by atoms with Crippen LogP contribution in [0.15, 0.2) is 30.3 Å². The largest absolute Gasteiger partial charge is 0.508 e. The maximum Gasteiger partial charge on any atom is 0.244 e. The maximum absolute atomic E-state index is 11.1. The van der Waals surface area contributed by atoms with Crippen LogP contribution in [0.2, 0.25) is 0 Å². The lowest BCUT2D eigenvalue weighted by Crippen LogP contribution is -2.24. The number of aliphatic hydroxyl groups excluding tert-OH is 1. The number of aliphatic hydroxyl groups is 1. The van der Waals surface area contributed by atoms with E-state index in [9.17, 15) is 4.79 Å². The first-order valence-electron chi connectivity index (χ1n) is 4.58. The van der Waals surface area contributed by atoms with Gasteiger partial charge >= 0.3 is 0 Å². The molecule has 1 aromatic rings. The molecule has 0 aromatic heterocycles. The summed E-state index contributed by atoms with van der Waals surface area (Å²) in [5, 5.41) is 20.1. The fraction of sp³-hybridized carbons (Fsp3) is 0.182. The van der Waals surface area contributed by atoms with Crippen molar-refractivity contribution in [1.29, 1.82) is 0 Å². The highest BCUT2D eigenvalue weighted by molar-refractivity contribution is 5.91. The molecule has 0 spiro atoms. The Morgan fingerprint density at radius 1 is 1.47 bits per heavy atom. The van der Waals surface area contributed by atoms with Crippen LogP contribution in [-0.4, -0.2) is 29.3 Å². The molecule has 0 aliphatic heterocycles. The third-order valence-corrected chi connectivity index (χ3v) is 1.71. The molecule has 0 saturated heterocycles. The second-order valence-corrected chi connectivity index (χ2v) is 2.94. The molecule has 0 bridgehead atoms. The molecule has 0 saturated carbocycles. The second kappa shape index (κ2) is 5.82. The van der Waals surface area contributed by atoms with E-state index in [1.54, 1.807) is 30.3 Å². The summed E-state index contributed by atoms with van der Waals surface area (Å²) in [6.45, 7) is 0.162. The van der Waals surface area contributed by atoms with E-state index in [-0.39, 0.29) is 24.8 Å². The third kappa shape index (κ3) is 4.28. The monoisotopic (exact) mass is 207 g/mol. The van der Waals surface area contributed by atoms with Crippen molar-refractivity contribution in [3.8, 4) is 5.75 Å². The molecule has 4 heteroatoms. The van der Waals surface area contributed by atoms with Crippen molar-refractivity contribution < 1.29 is 15.0 Å². The van der Waals surface area contributed by atoms with Crippen molar-refractivity contribution in [3.63, 3.8) is 0 Å². The maximum atomic E-state index is 11.1. The first kappa shape index (κ1) is 11.3. The van der Waals surface area contributed by atoms with Gasteiger partial charge in [0.1, 0.15) is 5.75 Å². The summed E-state index contributed by atoms with van der Waals surface area (Å²) in [7, 11) is 0. The molecule has 0 fully saturated rings. The summed E-state index contributed by atoms with van der Waals surface area (Å²) in [6.07, 6.45) is 2.94. The van der Waals surface area contributed by atoms with E-state index in [4.69, 9.17) is 10.2 Å². The predicted molar refractivity (Wildman–Crippen MR) is 57.2 cm³/mol. The zero-order valence-electron chi connectivity index (χ0n) is 8.18. The number of benzene rings is 1. The highest BCUT2D eigenvalue weighted by Crippen LogP contribution is 2.11. The molecule has 1 aromatic carbocycles. The SMILES string of the molecule is O=C(/C=C/c1cccc(O)c1)NCCO. The number of phenolic OH excluding ortho intramolecular Hbond substituents is 1. The standard InChI is InChI=1S/C11H13NO3/c13-7-6-12-11(15)5-4-9-2-1-3-10(14)8-9/h1-5,8,13-14H,6-7H2,(H,12,15)/b5-4+. The number of nitrogens with one attached hydrogen (secondary N) is 1. The third-order valence-electron chi connectivity index (χ3n) is 1.71. The Hall–Kier alpha value is -1.81. The summed E-state index contributed by atoms with van der Waals surface area (Å²) >= 11 is 0. The van der Waals surface area contributed by atoms with Crippen molar-refractivity contribution in [2.24, 2.45) is 0 Å². The highest BCUT2D eigenvalue weighted by Gasteiger charge is 1.93. The lowest BCUT2D eigenvalue weighted by Gasteiger charge is -1.97. The summed E-state index contributed by atoms with van der Waals surface area (Å²) in [5.41, 5.74) is 0.745. The molecule has 0 heterocycles. The zero-order chi connectivity index (χ0) is 11.1. The van der Waals surface area contributed by atoms with Gasteiger partial charge in [0.2, 0.25) is 5.91 Å². The number of rotatable bonds is 4. The fourth-order valence-corrected chi connectivity index (χ4v) is 1.04. The average molecular weight is 207 g/mol. The van der Waals surface area contributed by atoms with Crippen molar-refractivity contribution in [3.05, 3.63) is 35.9 Å². The molecule has 1 amide bonds. The van der Waals surface area contributed by atoms with Crippen LogP contribution in [0.1, 0.15) is 5.56 Å². The summed E-state index contributed by atoms with van der Waals surface area (Å²) < 4.78 is 0. The Morgan fingerprint density at radius 2 is 2.27 bits per heavy atom. The molecule has 3 N–H and O–H groups in total. The van der Waals surface area contributed by atoms with Gasteiger partial charge < -0.3 is 15.5 Å². The van der Waals surface area contributed by atoms with Gasteiger partial charge in [0.15, 0.2) is 0 Å². The van der Waals surface area contributed by atoms with Gasteiger partial charge in [0, 0.05) is 12.6 Å². The Labute approximate surface area is 87.9 Å². The predicted octanol–water partition coefficient (Wildman–Crippen LogP) is 0.514. The van der Waals surface area contributed by atoms with E-state index in [0.717, 1.165) is 5.56 Å². The quantitative estimate of drug-likeness (QED) is 0.630. The van der Waals surface area contributed by atoms with Gasteiger partial charge in [0.25, 0.3) is 0 Å². The van der Waals surface area contributed by atoms with E-state index in [1.165, 1.54) is 6.08 Å². The molecule has 0 aliphatic rings. The van der Waals surface area contributed by atoms with E-state index in [2.05, 4.69) is 5.32 Å². The first-order valence-corrected chi connectivity index (χ1v) is 4.58. The van der Waals surface area contributed by atoms with E-state index in [1.807, 2.05) is 0 Å². The summed E-state index contributed by atoms with van der Waals surface area (Å²) in [6, 6.07) is 6.58. The van der Waals surface area contributed by atoms with Gasteiger partial charge in [-0.25, -0.2) is 0 Å². The van der Waals surface area contributed by atoms with E-state index >= 15 is 0 Å². The van der Waals surface area contributed by atoms with Gasteiger partial charge in [-0.2, -0.15) is 0 Å². The van der Waals surface area contributed by atoms with Crippen LogP contribution in [0, 0.1) is 0 Å². The molecule has 0 aliphatic carbocycles. The van der Waals surface area contributed by atoms with Gasteiger partial charge in [-0.15, -0.1) is 0 Å². The minimum Gasteiger partial charge on any atom is -0.508 e. The van der Waals surface area contributed by atoms with Gasteiger partial charge in [-0.3, -0.25) is 4.79 Å². The van der Waals surface area contributed by atoms with Gasteiger partial charge in [-0.05, 0) is 23.8 Å². The number of phenols is 1. The smallest absolute Gasteiger partial charge is 0.244 e. The lowest BCUT2D eigenvalue weighted by molar-refractivity contribution is -0.116. The Bertz CT molecular complexity index is 361. The Balaban J connectivity index is 2.53. The number of carbonyl (C=O) groups is 1. The molecule has 80 valence electrons. The summed E-state index contributed by atoms with van der Waals surface area (Å²) in [4.78, 5) is 11.1. The number of amides is 1. The zero-order valence-corrected chi connectivity index (χ0v) is 8.18. The molecule has 1 rings (SSSR count). The van der Waals surface area contributed by atoms with Crippen molar-refractivity contribution >= 4 is 12.0 Å². The van der Waals surface area contributed by atoms with Crippen LogP contribution in [-0.2, 0) is 4.79 Å². The fourth-order valence-electron chi connectivity index (χ4n) is 1.04. The van der Waals surface area contributed by atoms with E-state index in [0.29, 0.717) is 0 Å². The Kier molecular flexibility index (Phi) is 4.37. The van der Waals surface area contributed by atoms with Crippen LogP contribution in [0.4, 0.5) is 0 Å². The van der Waals surface area contributed by atoms with Crippen molar-refractivity contribution in [2.75, 3.05) is 13.2 Å². The molecular weight excluding hydrogens is 194 g/mol. The molecule has 0 unspecified atom stereocenters. The molecule has 0 atom stereocenters. The average Bonchev–Trinajstić information content (AvgIpc) is 2.23. The normalized spacial score (nSPS) is 10.5. The van der Waals surface area contributed by atoms with Gasteiger partial charge in [0.05, 0.1) is 6.61 Å². The number of hydrogen-bond donors (Lipinski definition) is 3. The topological polar surface area (TPSA) is 69.6 Å². The first-order chi connectivity index (χ1) is 7.22. The Morgan fingerprint density at radius 3 is 2.93 bits per heavy atom. The summed E-state index contributed by atoms with van der Waals surface area (Å²) in [5.74, 6) is -0.111. The molecule has 15 heavy (non-hydrogen) atoms. The van der Waals surface area contributed by atoms with Crippen LogP contribution in [0.25, 0.3) is 6.08 Å². The lowest BCUT2D eigenvalue weighted by atomic mass is 10.2. The van der Waals surface area contributed by atoms with Crippen molar-refractivity contribution in [1.82, 2.24) is 5.32 Å². The molecule has 4 nitrogen and oxygen atoms in total. The van der Waals surface area contributed by atoms with E-state index < -0.39 is 0 Å². The van der Waals surface area contributed by atoms with Crippen LogP contribution < -0.4 is 5.32 Å².